The molecule has 10 heteroatoms. The zero-order valence-electron chi connectivity index (χ0n) is 16.7. The molecule has 0 saturated carbocycles. The van der Waals surface area contributed by atoms with Crippen molar-refractivity contribution in [2.24, 2.45) is 0 Å². The largest absolute Gasteiger partial charge is 0.495 e. The Labute approximate surface area is 178 Å². The second-order valence-electron chi connectivity index (χ2n) is 6.73. The topological polar surface area (TPSA) is 126 Å². The number of anilines is 2. The van der Waals surface area contributed by atoms with E-state index in [2.05, 4.69) is 25.2 Å². The smallest absolute Gasteiger partial charge is 0.262 e. The normalized spacial score (nSPS) is 11.3. The Bertz CT molecular complexity index is 1360. The second kappa shape index (κ2) is 8.07. The number of aromatic amines is 1. The molecule has 158 valence electrons. The number of aryl methyl sites for hydroxylation is 1. The predicted octanol–water partition coefficient (Wildman–Crippen LogP) is 3.33. The number of H-pyrrole nitrogens is 1. The molecule has 1 amide bonds. The molecular formula is C21H19N5O4S. The summed E-state index contributed by atoms with van der Waals surface area (Å²) in [5.41, 5.74) is 2.55. The predicted molar refractivity (Wildman–Crippen MR) is 117 cm³/mol. The summed E-state index contributed by atoms with van der Waals surface area (Å²) in [4.78, 5) is 16.8. The lowest BCUT2D eigenvalue weighted by molar-refractivity contribution is 0.102. The highest BCUT2D eigenvalue weighted by atomic mass is 32.2. The van der Waals surface area contributed by atoms with Crippen molar-refractivity contribution in [1.29, 1.82) is 0 Å². The first-order chi connectivity index (χ1) is 14.9. The minimum Gasteiger partial charge on any atom is -0.495 e. The third kappa shape index (κ3) is 4.19. The van der Waals surface area contributed by atoms with Crippen molar-refractivity contribution in [3.8, 4) is 5.75 Å². The number of aromatic nitrogens is 3. The molecule has 4 rings (SSSR count). The van der Waals surface area contributed by atoms with E-state index in [1.165, 1.54) is 37.6 Å². The van der Waals surface area contributed by atoms with Gasteiger partial charge in [-0.1, -0.05) is 12.1 Å². The summed E-state index contributed by atoms with van der Waals surface area (Å²) >= 11 is 0. The molecule has 4 aromatic rings. The highest BCUT2D eigenvalue weighted by Gasteiger charge is 2.17. The number of benzene rings is 2. The standard InChI is InChI=1S/C21H19N5O4S/c1-13-17-11-15(12-22-20(17)25-24-13)23-21(27)14-7-9-16(10-8-14)31(28,29)26-18-5-3-4-6-19(18)30-2/h3-12,26H,1-2H3,(H,23,27)(H,22,24,25). The Balaban J connectivity index is 1.51. The van der Waals surface area contributed by atoms with Gasteiger partial charge in [-0.25, -0.2) is 13.4 Å². The number of rotatable bonds is 6. The molecule has 0 bridgehead atoms. The first-order valence-electron chi connectivity index (χ1n) is 9.25. The highest BCUT2D eigenvalue weighted by molar-refractivity contribution is 7.92. The van der Waals surface area contributed by atoms with Crippen molar-refractivity contribution in [2.45, 2.75) is 11.8 Å². The Morgan fingerprint density at radius 3 is 2.58 bits per heavy atom. The lowest BCUT2D eigenvalue weighted by Crippen LogP contribution is -2.15. The second-order valence-corrected chi connectivity index (χ2v) is 8.41. The number of sulfonamides is 1. The molecule has 3 N–H and O–H groups in total. The van der Waals surface area contributed by atoms with Crippen LogP contribution in [-0.4, -0.2) is 36.6 Å². The molecule has 0 aliphatic carbocycles. The van der Waals surface area contributed by atoms with E-state index in [9.17, 15) is 13.2 Å². The van der Waals surface area contributed by atoms with Crippen molar-refractivity contribution < 1.29 is 17.9 Å². The van der Waals surface area contributed by atoms with Crippen LogP contribution in [0.3, 0.4) is 0 Å². The number of ether oxygens (including phenoxy) is 1. The summed E-state index contributed by atoms with van der Waals surface area (Å²) in [6, 6.07) is 14.1. The molecular weight excluding hydrogens is 418 g/mol. The van der Waals surface area contributed by atoms with E-state index in [0.717, 1.165) is 11.1 Å². The van der Waals surface area contributed by atoms with Crippen molar-refractivity contribution in [1.82, 2.24) is 15.2 Å². The van der Waals surface area contributed by atoms with Gasteiger partial charge in [-0.2, -0.15) is 5.10 Å². The van der Waals surface area contributed by atoms with Gasteiger partial charge in [0.15, 0.2) is 5.65 Å². The average Bonchev–Trinajstić information content (AvgIpc) is 3.14. The maximum absolute atomic E-state index is 12.7. The first-order valence-corrected chi connectivity index (χ1v) is 10.7. The Kier molecular flexibility index (Phi) is 5.30. The van der Waals surface area contributed by atoms with Crippen molar-refractivity contribution in [2.75, 3.05) is 17.1 Å². The number of nitrogens with zero attached hydrogens (tertiary/aromatic N) is 2. The van der Waals surface area contributed by atoms with Gasteiger partial charge in [0.05, 0.1) is 29.6 Å². The van der Waals surface area contributed by atoms with E-state index in [4.69, 9.17) is 4.74 Å². The van der Waals surface area contributed by atoms with Crippen LogP contribution >= 0.6 is 0 Å². The fourth-order valence-electron chi connectivity index (χ4n) is 3.01. The average molecular weight is 437 g/mol. The first kappa shape index (κ1) is 20.4. The minimum absolute atomic E-state index is 0.0204. The molecule has 9 nitrogen and oxygen atoms in total. The fourth-order valence-corrected chi connectivity index (χ4v) is 4.08. The molecule has 31 heavy (non-hydrogen) atoms. The molecule has 0 fully saturated rings. The van der Waals surface area contributed by atoms with Crippen LogP contribution in [0.4, 0.5) is 11.4 Å². The van der Waals surface area contributed by atoms with Crippen LogP contribution in [0.5, 0.6) is 5.75 Å². The zero-order valence-corrected chi connectivity index (χ0v) is 17.5. The SMILES string of the molecule is COc1ccccc1NS(=O)(=O)c1ccc(C(=O)Nc2cnc3n[nH]c(C)c3c2)cc1. The minimum atomic E-state index is -3.85. The van der Waals surface area contributed by atoms with Crippen LogP contribution in [-0.2, 0) is 10.0 Å². The van der Waals surface area contributed by atoms with E-state index in [1.54, 1.807) is 30.3 Å². The maximum Gasteiger partial charge on any atom is 0.262 e. The van der Waals surface area contributed by atoms with Crippen molar-refractivity contribution in [3.63, 3.8) is 0 Å². The Morgan fingerprint density at radius 1 is 1.10 bits per heavy atom. The Morgan fingerprint density at radius 2 is 1.84 bits per heavy atom. The molecule has 0 radical (unpaired) electrons. The number of methoxy groups -OCH3 is 1. The van der Waals surface area contributed by atoms with Crippen LogP contribution in [0.2, 0.25) is 0 Å². The van der Waals surface area contributed by atoms with E-state index < -0.39 is 10.0 Å². The van der Waals surface area contributed by atoms with Gasteiger partial charge in [0, 0.05) is 16.6 Å². The van der Waals surface area contributed by atoms with Crippen LogP contribution < -0.4 is 14.8 Å². The fraction of sp³-hybridized carbons (Fsp3) is 0.0952. The van der Waals surface area contributed by atoms with Crippen LogP contribution in [0, 0.1) is 6.92 Å². The quantitative estimate of drug-likeness (QED) is 0.425. The third-order valence-corrected chi connectivity index (χ3v) is 6.02. The number of hydrogen-bond donors (Lipinski definition) is 3. The van der Waals surface area contributed by atoms with Crippen LogP contribution in [0.1, 0.15) is 16.1 Å². The molecule has 0 atom stereocenters. The van der Waals surface area contributed by atoms with Crippen molar-refractivity contribution in [3.05, 3.63) is 72.1 Å². The van der Waals surface area contributed by atoms with Crippen LogP contribution in [0.15, 0.2) is 65.7 Å². The van der Waals surface area contributed by atoms with Gasteiger partial charge in [0.2, 0.25) is 0 Å². The summed E-state index contributed by atoms with van der Waals surface area (Å²) in [7, 11) is -2.39. The number of carbonyl (C=O) groups excluding carboxylic acids is 1. The van der Waals surface area contributed by atoms with Gasteiger partial charge >= 0.3 is 0 Å². The lowest BCUT2D eigenvalue weighted by atomic mass is 10.2. The molecule has 0 saturated heterocycles. The zero-order chi connectivity index (χ0) is 22.0. The third-order valence-electron chi connectivity index (χ3n) is 4.64. The number of para-hydroxylation sites is 2. The van der Waals surface area contributed by atoms with Gasteiger partial charge in [-0.3, -0.25) is 14.6 Å². The lowest BCUT2D eigenvalue weighted by Gasteiger charge is -2.12. The van der Waals surface area contributed by atoms with Gasteiger partial charge in [0.25, 0.3) is 15.9 Å². The summed E-state index contributed by atoms with van der Waals surface area (Å²) in [6.07, 6.45) is 1.51. The van der Waals surface area contributed by atoms with E-state index in [1.807, 2.05) is 6.92 Å². The molecule has 0 unspecified atom stereocenters. The van der Waals surface area contributed by atoms with Gasteiger partial charge in [0.1, 0.15) is 5.75 Å². The maximum atomic E-state index is 12.7. The summed E-state index contributed by atoms with van der Waals surface area (Å²) in [5.74, 6) is 0.0180. The van der Waals surface area contributed by atoms with Gasteiger partial charge < -0.3 is 10.1 Å². The molecule has 2 aromatic heterocycles. The number of fused-ring (bicyclic) bond motifs is 1. The molecule has 2 heterocycles. The molecule has 0 aliphatic heterocycles. The van der Waals surface area contributed by atoms with Crippen LogP contribution in [0.25, 0.3) is 11.0 Å². The highest BCUT2D eigenvalue weighted by Crippen LogP contribution is 2.26. The monoisotopic (exact) mass is 437 g/mol. The molecule has 0 spiro atoms. The number of amides is 1. The summed E-state index contributed by atoms with van der Waals surface area (Å²) in [6.45, 7) is 1.86. The number of hydrogen-bond acceptors (Lipinski definition) is 6. The Hall–Kier alpha value is -3.92. The van der Waals surface area contributed by atoms with E-state index in [-0.39, 0.29) is 10.8 Å². The summed E-state index contributed by atoms with van der Waals surface area (Å²) in [5, 5.41) is 10.5. The van der Waals surface area contributed by atoms with E-state index >= 15 is 0 Å². The molecule has 0 aliphatic rings. The number of pyridine rings is 1. The van der Waals surface area contributed by atoms with E-state index in [0.29, 0.717) is 28.3 Å². The number of nitrogens with one attached hydrogen (secondary N) is 3. The van der Waals surface area contributed by atoms with Crippen molar-refractivity contribution >= 4 is 38.3 Å². The summed E-state index contributed by atoms with van der Waals surface area (Å²) < 4.78 is 33.0. The number of carbonyl (C=O) groups is 1. The van der Waals surface area contributed by atoms with Gasteiger partial charge in [-0.15, -0.1) is 0 Å². The van der Waals surface area contributed by atoms with Gasteiger partial charge in [-0.05, 0) is 49.4 Å². The molecule has 2 aromatic carbocycles.